The van der Waals surface area contributed by atoms with Crippen LogP contribution in [0.3, 0.4) is 0 Å². The zero-order valence-electron chi connectivity index (χ0n) is 12.0. The Morgan fingerprint density at radius 1 is 1.35 bits per heavy atom. The SMILES string of the molecule is CCCNC1CC2(CCOCC2)Oc2ccc(F)cc21. The first kappa shape index (κ1) is 13.8. The molecule has 1 spiro atoms. The number of hydrogen-bond donors (Lipinski definition) is 1. The minimum absolute atomic E-state index is 0.144. The summed E-state index contributed by atoms with van der Waals surface area (Å²) in [7, 11) is 0. The molecule has 1 saturated heterocycles. The summed E-state index contributed by atoms with van der Waals surface area (Å²) in [4.78, 5) is 0. The molecule has 2 aliphatic rings. The molecular weight excluding hydrogens is 257 g/mol. The van der Waals surface area contributed by atoms with Crippen LogP contribution < -0.4 is 10.1 Å². The van der Waals surface area contributed by atoms with Crippen molar-refractivity contribution >= 4 is 0 Å². The van der Waals surface area contributed by atoms with E-state index in [1.807, 2.05) is 0 Å². The largest absolute Gasteiger partial charge is 0.487 e. The molecule has 0 amide bonds. The van der Waals surface area contributed by atoms with Crippen molar-refractivity contribution in [3.05, 3.63) is 29.6 Å². The normalized spacial score (nSPS) is 24.2. The van der Waals surface area contributed by atoms with E-state index in [0.717, 1.165) is 56.8 Å². The zero-order chi connectivity index (χ0) is 14.0. The summed E-state index contributed by atoms with van der Waals surface area (Å²) in [6.45, 7) is 4.57. The van der Waals surface area contributed by atoms with Gasteiger partial charge in [-0.2, -0.15) is 0 Å². The van der Waals surface area contributed by atoms with Gasteiger partial charge in [-0.1, -0.05) is 6.92 Å². The number of rotatable bonds is 3. The van der Waals surface area contributed by atoms with E-state index in [0.29, 0.717) is 0 Å². The smallest absolute Gasteiger partial charge is 0.125 e. The van der Waals surface area contributed by atoms with E-state index in [1.54, 1.807) is 12.1 Å². The quantitative estimate of drug-likeness (QED) is 0.921. The number of ether oxygens (including phenoxy) is 2. The topological polar surface area (TPSA) is 30.5 Å². The fraction of sp³-hybridized carbons (Fsp3) is 0.625. The number of nitrogens with one attached hydrogen (secondary N) is 1. The number of benzene rings is 1. The summed E-state index contributed by atoms with van der Waals surface area (Å²) in [5.74, 6) is 0.631. The van der Waals surface area contributed by atoms with Gasteiger partial charge in [0, 0.05) is 30.9 Å². The summed E-state index contributed by atoms with van der Waals surface area (Å²) in [5.41, 5.74) is 0.810. The minimum atomic E-state index is -0.196. The molecule has 4 heteroatoms. The van der Waals surface area contributed by atoms with Gasteiger partial charge in [0.15, 0.2) is 0 Å². The highest BCUT2D eigenvalue weighted by Crippen LogP contribution is 2.44. The van der Waals surface area contributed by atoms with Crippen molar-refractivity contribution in [1.29, 1.82) is 0 Å². The molecule has 0 aromatic heterocycles. The molecule has 2 aliphatic heterocycles. The fourth-order valence-corrected chi connectivity index (χ4v) is 3.19. The fourth-order valence-electron chi connectivity index (χ4n) is 3.19. The van der Waals surface area contributed by atoms with E-state index in [1.165, 1.54) is 6.07 Å². The van der Waals surface area contributed by atoms with Crippen LogP contribution in [-0.4, -0.2) is 25.4 Å². The maximum absolute atomic E-state index is 13.5. The average Bonchev–Trinajstić information content (AvgIpc) is 2.46. The first-order chi connectivity index (χ1) is 9.72. The minimum Gasteiger partial charge on any atom is -0.487 e. The molecule has 1 atom stereocenters. The van der Waals surface area contributed by atoms with Gasteiger partial charge in [0.05, 0.1) is 13.2 Å². The van der Waals surface area contributed by atoms with E-state index < -0.39 is 0 Å². The van der Waals surface area contributed by atoms with Crippen LogP contribution in [0.2, 0.25) is 0 Å². The van der Waals surface area contributed by atoms with Crippen LogP contribution in [0.25, 0.3) is 0 Å². The third-order valence-electron chi connectivity index (χ3n) is 4.29. The van der Waals surface area contributed by atoms with E-state index >= 15 is 0 Å². The van der Waals surface area contributed by atoms with Crippen molar-refractivity contribution in [3.63, 3.8) is 0 Å². The number of halogens is 1. The highest BCUT2D eigenvalue weighted by molar-refractivity contribution is 5.39. The van der Waals surface area contributed by atoms with Gasteiger partial charge in [0.1, 0.15) is 17.2 Å². The molecule has 2 heterocycles. The Labute approximate surface area is 119 Å². The van der Waals surface area contributed by atoms with Gasteiger partial charge in [-0.15, -0.1) is 0 Å². The Bertz CT molecular complexity index is 472. The molecule has 1 aromatic rings. The van der Waals surface area contributed by atoms with Crippen molar-refractivity contribution in [2.24, 2.45) is 0 Å². The summed E-state index contributed by atoms with van der Waals surface area (Å²) >= 11 is 0. The second-order valence-electron chi connectivity index (χ2n) is 5.79. The highest BCUT2D eigenvalue weighted by atomic mass is 19.1. The lowest BCUT2D eigenvalue weighted by molar-refractivity contribution is -0.0646. The Morgan fingerprint density at radius 3 is 2.90 bits per heavy atom. The van der Waals surface area contributed by atoms with Crippen LogP contribution in [0, 0.1) is 5.82 Å². The molecular formula is C16H22FNO2. The lowest BCUT2D eigenvalue weighted by Crippen LogP contribution is -2.48. The lowest BCUT2D eigenvalue weighted by Gasteiger charge is -2.44. The average molecular weight is 279 g/mol. The Balaban J connectivity index is 1.90. The third-order valence-corrected chi connectivity index (χ3v) is 4.29. The predicted molar refractivity (Wildman–Crippen MR) is 75.5 cm³/mol. The molecule has 0 bridgehead atoms. The number of fused-ring (bicyclic) bond motifs is 1. The van der Waals surface area contributed by atoms with Crippen LogP contribution in [0.1, 0.15) is 44.2 Å². The molecule has 1 aromatic carbocycles. The van der Waals surface area contributed by atoms with Crippen molar-refractivity contribution in [2.75, 3.05) is 19.8 Å². The van der Waals surface area contributed by atoms with Gasteiger partial charge in [-0.25, -0.2) is 4.39 Å². The maximum Gasteiger partial charge on any atom is 0.125 e. The number of hydrogen-bond acceptors (Lipinski definition) is 3. The summed E-state index contributed by atoms with van der Waals surface area (Å²) in [6, 6.07) is 5.03. The van der Waals surface area contributed by atoms with Crippen LogP contribution in [-0.2, 0) is 4.74 Å². The molecule has 110 valence electrons. The van der Waals surface area contributed by atoms with Crippen molar-refractivity contribution in [3.8, 4) is 5.75 Å². The van der Waals surface area contributed by atoms with E-state index in [-0.39, 0.29) is 17.5 Å². The molecule has 20 heavy (non-hydrogen) atoms. The predicted octanol–water partition coefficient (Wildman–Crippen LogP) is 3.20. The van der Waals surface area contributed by atoms with E-state index in [2.05, 4.69) is 12.2 Å². The van der Waals surface area contributed by atoms with Gasteiger partial charge in [0.25, 0.3) is 0 Å². The Kier molecular flexibility index (Phi) is 3.94. The third kappa shape index (κ3) is 2.67. The van der Waals surface area contributed by atoms with Crippen LogP contribution in [0.4, 0.5) is 4.39 Å². The van der Waals surface area contributed by atoms with Gasteiger partial charge < -0.3 is 14.8 Å². The highest BCUT2D eigenvalue weighted by Gasteiger charge is 2.42. The van der Waals surface area contributed by atoms with Gasteiger partial charge in [-0.05, 0) is 31.2 Å². The van der Waals surface area contributed by atoms with Crippen LogP contribution >= 0.6 is 0 Å². The Morgan fingerprint density at radius 2 is 2.15 bits per heavy atom. The second kappa shape index (κ2) is 5.70. The summed E-state index contributed by atoms with van der Waals surface area (Å²) < 4.78 is 25.2. The molecule has 1 fully saturated rings. The summed E-state index contributed by atoms with van der Waals surface area (Å²) in [6.07, 6.45) is 3.78. The molecule has 0 aliphatic carbocycles. The lowest BCUT2D eigenvalue weighted by atomic mass is 9.82. The van der Waals surface area contributed by atoms with Gasteiger partial charge in [0.2, 0.25) is 0 Å². The van der Waals surface area contributed by atoms with E-state index in [9.17, 15) is 4.39 Å². The molecule has 1 unspecified atom stereocenters. The maximum atomic E-state index is 13.5. The summed E-state index contributed by atoms with van der Waals surface area (Å²) in [5, 5.41) is 3.54. The molecule has 3 rings (SSSR count). The van der Waals surface area contributed by atoms with Crippen molar-refractivity contribution in [2.45, 2.75) is 44.2 Å². The second-order valence-corrected chi connectivity index (χ2v) is 5.79. The van der Waals surface area contributed by atoms with Gasteiger partial charge in [-0.3, -0.25) is 0 Å². The standard InChI is InChI=1S/C16H22FNO2/c1-2-7-18-14-11-16(5-8-19-9-6-16)20-15-4-3-12(17)10-13(14)15/h3-4,10,14,18H,2,5-9,11H2,1H3. The van der Waals surface area contributed by atoms with Crippen molar-refractivity contribution < 1.29 is 13.9 Å². The van der Waals surface area contributed by atoms with Crippen LogP contribution in [0.5, 0.6) is 5.75 Å². The first-order valence-corrected chi connectivity index (χ1v) is 7.52. The van der Waals surface area contributed by atoms with Crippen molar-refractivity contribution in [1.82, 2.24) is 5.32 Å². The molecule has 0 radical (unpaired) electrons. The van der Waals surface area contributed by atoms with Gasteiger partial charge >= 0.3 is 0 Å². The molecule has 0 saturated carbocycles. The molecule has 3 nitrogen and oxygen atoms in total. The first-order valence-electron chi connectivity index (χ1n) is 7.52. The monoisotopic (exact) mass is 279 g/mol. The van der Waals surface area contributed by atoms with Crippen LogP contribution in [0.15, 0.2) is 18.2 Å². The molecule has 1 N–H and O–H groups in total. The van der Waals surface area contributed by atoms with E-state index in [4.69, 9.17) is 9.47 Å². The Hall–Kier alpha value is -1.13. The zero-order valence-corrected chi connectivity index (χ0v) is 12.0.